The van der Waals surface area contributed by atoms with Gasteiger partial charge in [0.15, 0.2) is 0 Å². The molecule has 14 heteroatoms. The zero-order valence-corrected chi connectivity index (χ0v) is 18.4. The number of primary amides is 1. The number of quaternary nitrogens is 1. The fourth-order valence-electron chi connectivity index (χ4n) is 2.58. The third-order valence-electron chi connectivity index (χ3n) is 4.31. The second-order valence-electron chi connectivity index (χ2n) is 6.46. The molecular weight excluding hydrogens is 425 g/mol. The van der Waals surface area contributed by atoms with Crippen LogP contribution in [0.5, 0.6) is 0 Å². The fraction of sp³-hybridized carbons (Fsp3) is 0.667. The topological polar surface area (TPSA) is 186 Å². The van der Waals surface area contributed by atoms with Crippen LogP contribution in [0.3, 0.4) is 0 Å². The predicted molar refractivity (Wildman–Crippen MR) is 99.6 cm³/mol. The van der Waals surface area contributed by atoms with Crippen LogP contribution in [0.25, 0.3) is 0 Å². The molecule has 0 spiro atoms. The number of likely N-dealkylation sites (N-methyl/N-ethyl adjacent to an activating group) is 1. The summed E-state index contributed by atoms with van der Waals surface area (Å²) in [5.74, 6) is -0.0434. The molecule has 0 bridgehead atoms. The van der Waals surface area contributed by atoms with E-state index in [1.165, 1.54) is 4.90 Å². The van der Waals surface area contributed by atoms with Crippen molar-refractivity contribution in [1.82, 2.24) is 20.9 Å². The number of urea groups is 1. The van der Waals surface area contributed by atoms with Gasteiger partial charge in [0.05, 0.1) is 39.6 Å². The average Bonchev–Trinajstić information content (AvgIpc) is 2.59. The second kappa shape index (κ2) is 13.8. The van der Waals surface area contributed by atoms with Crippen LogP contribution >= 0.6 is 0 Å². The van der Waals surface area contributed by atoms with E-state index in [4.69, 9.17) is 11.5 Å². The molecule has 0 saturated carbocycles. The van der Waals surface area contributed by atoms with Crippen molar-refractivity contribution in [3.05, 3.63) is 0 Å². The molecule has 0 aromatic heterocycles. The van der Waals surface area contributed by atoms with Crippen LogP contribution in [-0.2, 0) is 9.59 Å². The van der Waals surface area contributed by atoms with Gasteiger partial charge >= 0.3 is 12.0 Å². The Kier molecular flexibility index (Phi) is 13.7. The summed E-state index contributed by atoms with van der Waals surface area (Å²) in [6.07, 6.45) is 1.81. The molecule has 1 rings (SSSR count). The van der Waals surface area contributed by atoms with Crippen LogP contribution in [0.4, 0.5) is 4.79 Å². The minimum Gasteiger partial charge on any atom is -1.00 e. The Hall–Kier alpha value is -2.31. The van der Waals surface area contributed by atoms with E-state index in [9.17, 15) is 14.4 Å². The van der Waals surface area contributed by atoms with Crippen LogP contribution in [0.1, 0.15) is 19.3 Å². The van der Waals surface area contributed by atoms with Crippen molar-refractivity contribution in [2.24, 2.45) is 16.5 Å². The monoisotopic (exact) mass is 455 g/mol. The number of amides is 4. The van der Waals surface area contributed by atoms with E-state index in [1.54, 1.807) is 14.1 Å². The fourth-order valence-corrected chi connectivity index (χ4v) is 2.58. The largest absolute Gasteiger partial charge is 1.00 e. The highest BCUT2D eigenvalue weighted by molar-refractivity contribution is 6.07. The molecule has 2 atom stereocenters. The Morgan fingerprint density at radius 2 is 2.03 bits per heavy atom. The van der Waals surface area contributed by atoms with Gasteiger partial charge < -0.3 is 41.2 Å². The zero-order valence-electron chi connectivity index (χ0n) is 16.9. The number of aliphatic imine (C=N–C) groups is 1. The van der Waals surface area contributed by atoms with Gasteiger partial charge in [-0.1, -0.05) is 0 Å². The Balaban J connectivity index is 0. The van der Waals surface area contributed by atoms with Gasteiger partial charge in [0.25, 0.3) is 5.91 Å². The molecule has 0 aliphatic carbocycles. The Labute approximate surface area is 182 Å². The molecule has 0 saturated heterocycles. The maximum Gasteiger partial charge on any atom is 0.342 e. The second-order valence-corrected chi connectivity index (χ2v) is 6.46. The lowest BCUT2D eigenvalue weighted by atomic mass is 10.1. The van der Waals surface area contributed by atoms with Gasteiger partial charge in [-0.15, -0.1) is 0 Å². The van der Waals surface area contributed by atoms with Crippen LogP contribution < -0.4 is 58.0 Å². The zero-order chi connectivity index (χ0) is 20.6. The van der Waals surface area contributed by atoms with Gasteiger partial charge in [0.2, 0.25) is 11.9 Å². The van der Waals surface area contributed by atoms with Crippen molar-refractivity contribution in [2.75, 3.05) is 34.2 Å². The molecule has 4 amide bonds. The van der Waals surface area contributed by atoms with Crippen LogP contribution in [0, 0.1) is 0 Å². The van der Waals surface area contributed by atoms with E-state index in [0.29, 0.717) is 5.96 Å². The van der Waals surface area contributed by atoms with Crippen molar-refractivity contribution in [3.8, 4) is 0 Å². The summed E-state index contributed by atoms with van der Waals surface area (Å²) in [7, 11) is 5.19. The molecule has 168 valence electrons. The standard InChI is InChI=1S/C15H29N9O3.2ClH/c1-19-13(17)23(2)6-4-5-9(16)7-11(25)24(3)10-8-20-15(21-12(10)26)22-14(18)27;;/h9-10H,4-8,16H2,1-3H3,(H6,17,18,19,20,21,22,26,27);2*1H/t9-,10?;;/m0../s1. The summed E-state index contributed by atoms with van der Waals surface area (Å²) < 4.78 is 1.89. The number of nitrogens with two attached hydrogens (primary N) is 2. The van der Waals surface area contributed by atoms with Crippen molar-refractivity contribution < 1.29 is 49.5 Å². The molecule has 10 N–H and O–H groups in total. The summed E-state index contributed by atoms with van der Waals surface area (Å²) >= 11 is 0. The van der Waals surface area contributed by atoms with Gasteiger partial charge in [-0.2, -0.15) is 0 Å². The minimum atomic E-state index is -0.823. The number of rotatable bonds is 7. The highest BCUT2D eigenvalue weighted by Crippen LogP contribution is 2.07. The lowest BCUT2D eigenvalue weighted by molar-refractivity contribution is -0.503. The number of guanidine groups is 2. The van der Waals surface area contributed by atoms with E-state index >= 15 is 0 Å². The molecule has 1 unspecified atom stereocenters. The van der Waals surface area contributed by atoms with E-state index in [0.717, 1.165) is 19.4 Å². The van der Waals surface area contributed by atoms with E-state index in [-0.39, 0.29) is 55.7 Å². The maximum atomic E-state index is 12.4. The van der Waals surface area contributed by atoms with E-state index < -0.39 is 18.0 Å². The summed E-state index contributed by atoms with van der Waals surface area (Å²) in [6.45, 7) is 0.799. The lowest BCUT2D eigenvalue weighted by Crippen LogP contribution is -3.00. The summed E-state index contributed by atoms with van der Waals surface area (Å²) in [5, 5.41) is 7.48. The maximum absolute atomic E-state index is 12.4. The van der Waals surface area contributed by atoms with Crippen molar-refractivity contribution in [3.63, 3.8) is 0 Å². The highest BCUT2D eigenvalue weighted by Gasteiger charge is 2.31. The van der Waals surface area contributed by atoms with Gasteiger partial charge in [0, 0.05) is 13.5 Å². The van der Waals surface area contributed by atoms with Crippen LogP contribution in [-0.4, -0.2) is 85.6 Å². The number of halogens is 2. The minimum absolute atomic E-state index is 0. The number of hydrogen-bond donors (Lipinski definition) is 6. The number of nitrogens with zero attached hydrogens (tertiary/aromatic N) is 3. The highest BCUT2D eigenvalue weighted by atomic mass is 35.5. The molecule has 29 heavy (non-hydrogen) atoms. The molecule has 0 radical (unpaired) electrons. The van der Waals surface area contributed by atoms with Gasteiger partial charge in [-0.25, -0.2) is 9.79 Å². The Bertz CT molecular complexity index is 643. The smallest absolute Gasteiger partial charge is 0.342 e. The van der Waals surface area contributed by atoms with Gasteiger partial charge in [0.1, 0.15) is 6.04 Å². The first kappa shape index (κ1) is 28.9. The number of carbonyl (C=O) groups excluding carboxylic acids is 3. The normalized spacial score (nSPS) is 17.3. The van der Waals surface area contributed by atoms with Crippen molar-refractivity contribution in [2.45, 2.75) is 31.3 Å². The first-order valence-corrected chi connectivity index (χ1v) is 8.67. The van der Waals surface area contributed by atoms with E-state index in [2.05, 4.69) is 26.7 Å². The summed E-state index contributed by atoms with van der Waals surface area (Å²) in [6, 6.07) is -1.64. The SMILES string of the molecule is CNC(N)=[N+](C)CCC[C@H]([NH3+])CC(=O)N(C)C1CN=C(NC(N)=O)NC1=O.[Cl-].[Cl-]. The molecule has 1 aliphatic rings. The molecular formula is C15H31Cl2N9O3. The van der Waals surface area contributed by atoms with Crippen molar-refractivity contribution in [1.29, 1.82) is 0 Å². The van der Waals surface area contributed by atoms with Gasteiger partial charge in [-0.05, 0) is 6.42 Å². The Morgan fingerprint density at radius 1 is 1.41 bits per heavy atom. The molecule has 0 aromatic rings. The van der Waals surface area contributed by atoms with Crippen molar-refractivity contribution >= 4 is 29.8 Å². The quantitative estimate of drug-likeness (QED) is 0.126. The first-order valence-electron chi connectivity index (χ1n) is 8.67. The number of nitrogens with one attached hydrogen (secondary N) is 3. The summed E-state index contributed by atoms with van der Waals surface area (Å²) in [4.78, 5) is 40.7. The summed E-state index contributed by atoms with van der Waals surface area (Å²) in [5.41, 5.74) is 14.8. The van der Waals surface area contributed by atoms with Crippen LogP contribution in [0.2, 0.25) is 0 Å². The predicted octanol–water partition coefficient (Wildman–Crippen LogP) is -10.1. The molecule has 0 fully saturated rings. The molecule has 1 aliphatic heterocycles. The molecule has 0 aromatic carbocycles. The average molecular weight is 456 g/mol. The first-order chi connectivity index (χ1) is 12.6. The Morgan fingerprint density at radius 3 is 2.55 bits per heavy atom. The molecule has 1 heterocycles. The third-order valence-corrected chi connectivity index (χ3v) is 4.31. The lowest BCUT2D eigenvalue weighted by Gasteiger charge is -2.29. The van der Waals surface area contributed by atoms with Crippen LogP contribution in [0.15, 0.2) is 4.99 Å². The molecule has 12 nitrogen and oxygen atoms in total. The number of carbonyl (C=O) groups is 3. The third kappa shape index (κ3) is 9.63. The van der Waals surface area contributed by atoms with Gasteiger partial charge in [-0.3, -0.25) is 35.8 Å². The number of hydrogen-bond acceptors (Lipinski definition) is 4. The van der Waals surface area contributed by atoms with E-state index in [1.807, 2.05) is 11.6 Å².